The maximum Gasteiger partial charge on any atom is 0.256 e. The highest BCUT2D eigenvalue weighted by Crippen LogP contribution is 2.60. The van der Waals surface area contributed by atoms with Crippen LogP contribution in [0.25, 0.3) is 117 Å². The van der Waals surface area contributed by atoms with E-state index in [-0.39, 0.29) is 32.6 Å². The summed E-state index contributed by atoms with van der Waals surface area (Å²) in [6.45, 7) is 24.2. The molecule has 0 atom stereocenters. The molecule has 4 aliphatic heterocycles. The van der Waals surface area contributed by atoms with Crippen LogP contribution in [-0.4, -0.2) is 18.0 Å². The first kappa shape index (κ1) is 70.2. The van der Waals surface area contributed by atoms with Crippen LogP contribution in [0, 0.1) is 0 Å². The van der Waals surface area contributed by atoms with Gasteiger partial charge >= 0.3 is 0 Å². The normalized spacial score (nSPS) is 14.6. The lowest BCUT2D eigenvalue weighted by Crippen LogP contribution is -2.64. The molecule has 0 fully saturated rings. The zero-order valence-electron chi connectivity index (χ0n) is 82.8. The molecule has 0 N–H and O–H groups in total. The lowest BCUT2D eigenvalue weighted by Gasteiger charge is -2.47. The fraction of sp³-hybridized carbons (Fsp3) is 0.122. The average molecular weight is 1680 g/mol. The number of benzene rings is 18. The van der Waals surface area contributed by atoms with Gasteiger partial charge in [0.15, 0.2) is 0 Å². The van der Waals surface area contributed by atoms with Gasteiger partial charge in [-0.3, -0.25) is 0 Å². The van der Waals surface area contributed by atoms with Gasteiger partial charge in [-0.15, -0.1) is 0 Å². The molecule has 1 aromatic heterocycles. The quantitative estimate of drug-likeness (QED) is 0.120. The largest absolute Gasteiger partial charge is 0.458 e. The number of aromatic nitrogens is 1. The Balaban J connectivity index is 0.882. The summed E-state index contributed by atoms with van der Waals surface area (Å²) < 4.78 is 89.3. The number of anilines is 9. The van der Waals surface area contributed by atoms with Crippen molar-refractivity contribution in [1.82, 2.24) is 4.57 Å². The highest BCUT2D eigenvalue weighted by Gasteiger charge is 2.51. The number of para-hydroxylation sites is 4. The number of fused-ring (bicyclic) bond motifs is 14. The molecule has 0 radical (unpaired) electrons. The van der Waals surface area contributed by atoms with E-state index in [1.807, 2.05) is 0 Å². The van der Waals surface area contributed by atoms with Crippen molar-refractivity contribution in [3.8, 4) is 106 Å². The van der Waals surface area contributed by atoms with Gasteiger partial charge in [-0.1, -0.05) is 379 Å². The molecule has 0 saturated heterocycles. The summed E-state index contributed by atoms with van der Waals surface area (Å²) in [7, 11) is 0. The van der Waals surface area contributed by atoms with Gasteiger partial charge in [0.2, 0.25) is 0 Å². The fourth-order valence-corrected chi connectivity index (χ4v) is 21.8. The Morgan fingerprint density at radius 3 is 1.05 bits per heavy atom. The maximum absolute atomic E-state index is 10.4. The van der Waals surface area contributed by atoms with Crippen LogP contribution in [0.4, 0.5) is 51.2 Å². The van der Waals surface area contributed by atoms with E-state index in [9.17, 15) is 11.0 Å². The van der Waals surface area contributed by atoms with Gasteiger partial charge in [0, 0.05) is 89.8 Å². The van der Waals surface area contributed by atoms with Crippen molar-refractivity contribution in [3.63, 3.8) is 0 Å². The molecule has 7 heteroatoms. The number of rotatable bonds is 11. The van der Waals surface area contributed by atoms with Crippen LogP contribution in [0.5, 0.6) is 11.5 Å². The summed E-state index contributed by atoms with van der Waals surface area (Å²) in [4.78, 5) is 7.50. The topological polar surface area (TPSA) is 23.9 Å². The Labute approximate surface area is 775 Å². The summed E-state index contributed by atoms with van der Waals surface area (Å²) in [5.74, 6) is 1.35. The molecule has 0 amide bonds. The second kappa shape index (κ2) is 29.6. The summed E-state index contributed by atoms with van der Waals surface area (Å²) in [6, 6.07) is 123. The summed E-state index contributed by atoms with van der Waals surface area (Å²) in [5, 5.41) is -0.0508. The number of hydrogen-bond acceptors (Lipinski definition) is 4. The second-order valence-electron chi connectivity index (χ2n) is 39.2. The third kappa shape index (κ3) is 12.3. The molecule has 130 heavy (non-hydrogen) atoms. The minimum Gasteiger partial charge on any atom is -0.458 e. The Morgan fingerprint density at radius 1 is 0.277 bits per heavy atom. The first-order valence-corrected chi connectivity index (χ1v) is 45.4. The predicted molar refractivity (Wildman–Crippen MR) is 552 cm³/mol. The van der Waals surface area contributed by atoms with Crippen molar-refractivity contribution in [1.29, 1.82) is 0 Å². The van der Waals surface area contributed by atoms with Gasteiger partial charge < -0.3 is 24.0 Å². The molecule has 1 aliphatic carbocycles. The Hall–Kier alpha value is -14.9. The first-order chi connectivity index (χ1) is 66.5. The molecule has 5 heterocycles. The molecule has 622 valence electrons. The molecule has 18 aromatic carbocycles. The zero-order valence-corrected chi connectivity index (χ0v) is 74.8. The van der Waals surface area contributed by atoms with E-state index >= 15 is 0 Å². The molecular formula is C123H98B2N4O. The van der Waals surface area contributed by atoms with Crippen molar-refractivity contribution in [2.75, 3.05) is 14.7 Å². The van der Waals surface area contributed by atoms with E-state index in [1.54, 1.807) is 4.57 Å². The minimum absolute atomic E-state index is 0.000407. The molecular weight excluding hydrogens is 1570 g/mol. The van der Waals surface area contributed by atoms with Crippen molar-refractivity contribution < 1.29 is 15.7 Å². The van der Waals surface area contributed by atoms with E-state index in [2.05, 4.69) is 437 Å². The predicted octanol–water partition coefficient (Wildman–Crippen LogP) is 29.1. The van der Waals surface area contributed by atoms with E-state index in [0.717, 1.165) is 167 Å². The second-order valence-corrected chi connectivity index (χ2v) is 39.2. The minimum atomic E-state index is -0.626. The average Bonchev–Trinajstić information content (AvgIpc) is 0.690. The lowest BCUT2D eigenvalue weighted by atomic mass is 9.30. The highest BCUT2D eigenvalue weighted by atomic mass is 16.5. The number of hydrogen-bond donors (Lipinski definition) is 0. The van der Waals surface area contributed by atoms with Crippen LogP contribution < -0.4 is 52.2 Å². The van der Waals surface area contributed by atoms with Crippen LogP contribution in [0.1, 0.15) is 115 Å². The van der Waals surface area contributed by atoms with Gasteiger partial charge in [0.1, 0.15) is 11.5 Å². The van der Waals surface area contributed by atoms with Crippen molar-refractivity contribution in [3.05, 3.63) is 422 Å². The van der Waals surface area contributed by atoms with Crippen molar-refractivity contribution >= 4 is 119 Å². The monoisotopic (exact) mass is 1680 g/mol. The molecule has 24 rings (SSSR count). The molecule has 5 aliphatic rings. The zero-order chi connectivity index (χ0) is 94.9. The van der Waals surface area contributed by atoms with E-state index in [4.69, 9.17) is 4.74 Å². The number of ether oxygens (including phenoxy) is 1. The van der Waals surface area contributed by atoms with E-state index < -0.39 is 72.6 Å². The third-order valence-corrected chi connectivity index (χ3v) is 28.0. The van der Waals surface area contributed by atoms with Crippen LogP contribution in [0.3, 0.4) is 0 Å². The van der Waals surface area contributed by atoms with Crippen molar-refractivity contribution in [2.45, 2.75) is 97.8 Å². The lowest BCUT2D eigenvalue weighted by molar-refractivity contribution is 0.488. The highest BCUT2D eigenvalue weighted by molar-refractivity contribution is 7.02. The Bertz CT molecular complexity index is 8120. The molecule has 0 unspecified atom stereocenters. The molecule has 0 spiro atoms. The van der Waals surface area contributed by atoms with E-state index in [0.29, 0.717) is 22.9 Å². The molecule has 19 aromatic rings. The third-order valence-electron chi connectivity index (χ3n) is 28.0. The maximum atomic E-state index is 10.4. The van der Waals surface area contributed by atoms with Crippen molar-refractivity contribution in [2.24, 2.45) is 0 Å². The Morgan fingerprint density at radius 2 is 0.631 bits per heavy atom. The molecule has 0 bridgehead atoms. The van der Waals surface area contributed by atoms with Gasteiger partial charge in [-0.05, 0) is 217 Å². The summed E-state index contributed by atoms with van der Waals surface area (Å²) >= 11 is 0. The van der Waals surface area contributed by atoms with E-state index in [1.165, 1.54) is 27.8 Å². The van der Waals surface area contributed by atoms with Crippen LogP contribution >= 0.6 is 0 Å². The first-order valence-electron chi connectivity index (χ1n) is 49.4. The summed E-state index contributed by atoms with van der Waals surface area (Å²) in [5.41, 5.74) is 35.1. The standard InChI is InChI=1S/C123H98B2N4O/c1-120(2,3)84-67-93(77-41-18-12-19-42-77)117(94(68-84)78-43-20-13-21-44-78)127-107-64-39-35-60-101(107)125-103-75-102-108(76-112(103)130-113-66-83(65-109(127)116(113)125)88-56-40-57-92-89-53-30-33-58-99(89)123(10,11)114(88)92)129(119-97(81-49-26-16-27-50-81)71-86(122(7,8)9)72-98(119)82-51-28-17-29-52-82)111-74-87(126-104-61-36-31-54-90(104)91-55-32-37-62-105(91)126)73-110-115(111)124(102)100-59-34-38-63-106(100)128(110)118-95(79-45-22-14-23-46-79)69-85(121(4,5)6)70-96(118)80-47-24-15-25-48-80/h12-76H,1-11H3/i31D,32D,36D,37D,54D,55D,61D,62D. The van der Waals surface area contributed by atoms with Gasteiger partial charge in [0.25, 0.3) is 13.4 Å². The molecule has 0 saturated carbocycles. The van der Waals surface area contributed by atoms with Gasteiger partial charge in [-0.2, -0.15) is 0 Å². The van der Waals surface area contributed by atoms with Crippen LogP contribution in [0.2, 0.25) is 0 Å². The molecule has 5 nitrogen and oxygen atoms in total. The van der Waals surface area contributed by atoms with Crippen LogP contribution in [-0.2, 0) is 21.7 Å². The fourth-order valence-electron chi connectivity index (χ4n) is 21.8. The van der Waals surface area contributed by atoms with Crippen LogP contribution in [0.15, 0.2) is 394 Å². The summed E-state index contributed by atoms with van der Waals surface area (Å²) in [6.07, 6.45) is 0. The Kier molecular flexibility index (Phi) is 16.0. The smallest absolute Gasteiger partial charge is 0.256 e. The SMILES string of the molecule is [2H]c1c([2H])c([2H])c2c(c1[2H])c1c([2H])c([2H])c([2H])c([2H])c1n2-c1cc2c3c(c1)N(c1c(-c4ccccc4)cc(C(C)(C)C)cc1-c1ccccc1)c1cc4c(cc1B3c1ccccc1N2c1c(-c2ccccc2)cc(C(C)(C)C)cc1-c1ccccc1)B1c2ccccc2N(c2c(-c3ccccc3)cc(C(C)(C)C)cc2-c2ccccc2)c2cc(-c3cccc5c3C(C)(C)c3ccccc3-5)cc(c21)O4. The van der Waals surface area contributed by atoms with Gasteiger partial charge in [0.05, 0.1) is 44.7 Å². The van der Waals surface area contributed by atoms with Gasteiger partial charge in [-0.25, -0.2) is 0 Å². The number of nitrogens with zero attached hydrogens (tertiary/aromatic N) is 4.